The van der Waals surface area contributed by atoms with Crippen molar-refractivity contribution >= 4 is 56.2 Å². The first-order chi connectivity index (χ1) is 14.9. The Balaban J connectivity index is 1.68. The van der Waals surface area contributed by atoms with Crippen molar-refractivity contribution in [2.24, 2.45) is 5.73 Å². The maximum absolute atomic E-state index is 6.11. The fourth-order valence-corrected chi connectivity index (χ4v) is 4.79. The minimum Gasteiger partial charge on any atom is -0.389 e. The summed E-state index contributed by atoms with van der Waals surface area (Å²) in [5.74, 6) is 0.767. The van der Waals surface area contributed by atoms with Gasteiger partial charge in [0, 0.05) is 46.1 Å². The van der Waals surface area contributed by atoms with E-state index < -0.39 is 0 Å². The Morgan fingerprint density at radius 3 is 2.55 bits per heavy atom. The topological polar surface area (TPSA) is 80.3 Å². The van der Waals surface area contributed by atoms with E-state index in [4.69, 9.17) is 39.4 Å². The Morgan fingerprint density at radius 1 is 1.10 bits per heavy atom. The van der Waals surface area contributed by atoms with E-state index in [0.29, 0.717) is 18.2 Å². The number of aromatic amines is 1. The molecular weight excluding hydrogens is 428 g/mol. The molecule has 6 nitrogen and oxygen atoms in total. The van der Waals surface area contributed by atoms with Crippen LogP contribution in [0.2, 0.25) is 0 Å². The number of hydrogen-bond acceptors (Lipinski definition) is 5. The minimum atomic E-state index is 0.342. The van der Waals surface area contributed by atoms with Gasteiger partial charge in [-0.2, -0.15) is 0 Å². The van der Waals surface area contributed by atoms with Crippen LogP contribution in [0.3, 0.4) is 0 Å². The molecule has 4 aromatic rings. The Bertz CT molecular complexity index is 1330. The van der Waals surface area contributed by atoms with Gasteiger partial charge in [-0.05, 0) is 37.6 Å². The van der Waals surface area contributed by atoms with Crippen LogP contribution in [0.15, 0.2) is 34.9 Å². The summed E-state index contributed by atoms with van der Waals surface area (Å²) in [4.78, 5) is 6.90. The normalized spacial score (nSPS) is 14.5. The number of rotatable bonds is 3. The average Bonchev–Trinajstić information content (AvgIpc) is 3.31. The number of hydrogen-bond donors (Lipinski definition) is 2. The van der Waals surface area contributed by atoms with Gasteiger partial charge in [-0.15, -0.1) is 0 Å². The maximum atomic E-state index is 6.11. The average molecular weight is 451 g/mol. The number of benzene rings is 2. The van der Waals surface area contributed by atoms with Crippen LogP contribution in [-0.2, 0) is 4.74 Å². The standard InChI is InChI=1S/C23H22N4O2S2/c1-12-20(13(2)29-26-12)15-9-17-16-4-3-14(23(31)27-5-7-28-8-6-27)11-19(16)25-21(17)18(10-15)22(24)30/h3-4,9-11,25H,5-8H2,1-2H3,(H2,24,30). The fraction of sp³-hybridized carbons (Fsp3) is 0.261. The third kappa shape index (κ3) is 3.40. The molecule has 31 heavy (non-hydrogen) atoms. The first-order valence-corrected chi connectivity index (χ1v) is 10.9. The monoisotopic (exact) mass is 450 g/mol. The number of thiocarbonyl (C=S) groups is 2. The molecule has 0 unspecified atom stereocenters. The zero-order valence-corrected chi connectivity index (χ0v) is 19.0. The van der Waals surface area contributed by atoms with Crippen molar-refractivity contribution in [3.8, 4) is 11.1 Å². The van der Waals surface area contributed by atoms with Crippen molar-refractivity contribution in [2.45, 2.75) is 13.8 Å². The Kier molecular flexibility index (Phi) is 5.00. The number of morpholine rings is 1. The van der Waals surface area contributed by atoms with Crippen molar-refractivity contribution in [1.29, 1.82) is 0 Å². The van der Waals surface area contributed by atoms with Gasteiger partial charge in [0.1, 0.15) is 15.7 Å². The first-order valence-electron chi connectivity index (χ1n) is 10.1. The molecule has 2 aromatic heterocycles. The predicted octanol–water partition coefficient (Wildman–Crippen LogP) is 4.23. The van der Waals surface area contributed by atoms with Crippen LogP contribution in [0.4, 0.5) is 0 Å². The number of nitrogens with zero attached hydrogens (tertiary/aromatic N) is 2. The van der Waals surface area contributed by atoms with Crippen LogP contribution >= 0.6 is 24.4 Å². The van der Waals surface area contributed by atoms with Crippen molar-refractivity contribution < 1.29 is 9.26 Å². The van der Waals surface area contributed by atoms with E-state index in [2.05, 4.69) is 39.3 Å². The molecule has 3 N–H and O–H groups in total. The molecule has 0 bridgehead atoms. The summed E-state index contributed by atoms with van der Waals surface area (Å²) in [7, 11) is 0. The van der Waals surface area contributed by atoms with Crippen molar-refractivity contribution in [2.75, 3.05) is 26.3 Å². The molecule has 0 spiro atoms. The fourth-order valence-electron chi connectivity index (χ4n) is 4.32. The molecule has 0 saturated carbocycles. The molecule has 1 saturated heterocycles. The van der Waals surface area contributed by atoms with Crippen molar-refractivity contribution in [1.82, 2.24) is 15.0 Å². The first kappa shape index (κ1) is 20.1. The highest BCUT2D eigenvalue weighted by atomic mass is 32.1. The highest BCUT2D eigenvalue weighted by Crippen LogP contribution is 2.35. The van der Waals surface area contributed by atoms with Crippen LogP contribution in [0.25, 0.3) is 32.9 Å². The Hall–Kier alpha value is -2.81. The molecule has 0 amide bonds. The van der Waals surface area contributed by atoms with Crippen LogP contribution < -0.4 is 5.73 Å². The lowest BCUT2D eigenvalue weighted by Gasteiger charge is -2.29. The lowest BCUT2D eigenvalue weighted by atomic mass is 9.98. The van der Waals surface area contributed by atoms with Crippen LogP contribution in [0.5, 0.6) is 0 Å². The Morgan fingerprint density at radius 2 is 1.87 bits per heavy atom. The van der Waals surface area contributed by atoms with E-state index in [-0.39, 0.29) is 0 Å². The molecule has 8 heteroatoms. The molecule has 1 aliphatic heterocycles. The van der Waals surface area contributed by atoms with E-state index in [1.54, 1.807) is 0 Å². The summed E-state index contributed by atoms with van der Waals surface area (Å²) in [6, 6.07) is 10.4. The second kappa shape index (κ2) is 7.71. The number of ether oxygens (including phenoxy) is 1. The van der Waals surface area contributed by atoms with Gasteiger partial charge in [0.15, 0.2) is 0 Å². The number of H-pyrrole nitrogens is 1. The number of aromatic nitrogens is 2. The van der Waals surface area contributed by atoms with Gasteiger partial charge >= 0.3 is 0 Å². The van der Waals surface area contributed by atoms with E-state index in [0.717, 1.165) is 73.6 Å². The molecule has 5 rings (SSSR count). The minimum absolute atomic E-state index is 0.342. The van der Waals surface area contributed by atoms with Gasteiger partial charge in [0.25, 0.3) is 0 Å². The summed E-state index contributed by atoms with van der Waals surface area (Å²) >= 11 is 11.1. The van der Waals surface area contributed by atoms with Crippen LogP contribution in [-0.4, -0.2) is 51.3 Å². The van der Waals surface area contributed by atoms with Crippen LogP contribution in [0.1, 0.15) is 22.6 Å². The zero-order valence-electron chi connectivity index (χ0n) is 17.3. The smallest absolute Gasteiger partial charge is 0.141 e. The third-order valence-electron chi connectivity index (χ3n) is 5.84. The second-order valence-corrected chi connectivity index (χ2v) is 8.63. The summed E-state index contributed by atoms with van der Waals surface area (Å²) < 4.78 is 10.8. The van der Waals surface area contributed by atoms with Gasteiger partial charge < -0.3 is 24.9 Å². The molecule has 2 aromatic carbocycles. The van der Waals surface area contributed by atoms with Gasteiger partial charge in [-0.1, -0.05) is 41.7 Å². The van der Waals surface area contributed by atoms with Gasteiger partial charge in [-0.3, -0.25) is 0 Å². The number of aryl methyl sites for hydroxylation is 2. The number of fused-ring (bicyclic) bond motifs is 3. The van der Waals surface area contributed by atoms with Gasteiger partial charge in [-0.25, -0.2) is 0 Å². The highest BCUT2D eigenvalue weighted by molar-refractivity contribution is 7.81. The molecule has 0 atom stereocenters. The molecule has 0 aliphatic carbocycles. The summed E-state index contributed by atoms with van der Waals surface area (Å²) in [6.07, 6.45) is 0. The molecule has 0 radical (unpaired) electrons. The SMILES string of the molecule is Cc1noc(C)c1-c1cc(C(N)=S)c2[nH]c3cc(C(=S)N4CCOCC4)ccc3c2c1. The maximum Gasteiger partial charge on any atom is 0.141 e. The second-order valence-electron chi connectivity index (χ2n) is 7.80. The summed E-state index contributed by atoms with van der Waals surface area (Å²) in [5.41, 5.74) is 12.6. The molecule has 158 valence electrons. The van der Waals surface area contributed by atoms with Crippen molar-refractivity contribution in [3.05, 3.63) is 52.9 Å². The number of nitrogens with one attached hydrogen (secondary N) is 1. The molecule has 1 aliphatic rings. The van der Waals surface area contributed by atoms with E-state index in [9.17, 15) is 0 Å². The van der Waals surface area contributed by atoms with E-state index >= 15 is 0 Å². The molecule has 3 heterocycles. The zero-order chi connectivity index (χ0) is 21.7. The summed E-state index contributed by atoms with van der Waals surface area (Å²) in [6.45, 7) is 6.89. The quantitative estimate of drug-likeness (QED) is 0.452. The van der Waals surface area contributed by atoms with E-state index in [1.165, 1.54) is 0 Å². The van der Waals surface area contributed by atoms with Gasteiger partial charge in [0.2, 0.25) is 0 Å². The highest BCUT2D eigenvalue weighted by Gasteiger charge is 2.19. The summed E-state index contributed by atoms with van der Waals surface area (Å²) in [5, 5.41) is 6.24. The van der Waals surface area contributed by atoms with Crippen molar-refractivity contribution in [3.63, 3.8) is 0 Å². The van der Waals surface area contributed by atoms with E-state index in [1.807, 2.05) is 19.9 Å². The number of nitrogens with two attached hydrogens (primary N) is 1. The Labute approximate surface area is 190 Å². The third-order valence-corrected chi connectivity index (χ3v) is 6.55. The van der Waals surface area contributed by atoms with Crippen LogP contribution in [0, 0.1) is 13.8 Å². The lowest BCUT2D eigenvalue weighted by Crippen LogP contribution is -2.40. The molecular formula is C23H22N4O2S2. The predicted molar refractivity (Wildman–Crippen MR) is 131 cm³/mol. The molecule has 1 fully saturated rings. The van der Waals surface area contributed by atoms with Gasteiger partial charge in [0.05, 0.1) is 24.4 Å². The largest absolute Gasteiger partial charge is 0.389 e. The lowest BCUT2D eigenvalue weighted by molar-refractivity contribution is 0.0693.